The molecule has 1 heterocycles. The normalized spacial score (nSPS) is 10.8. The third kappa shape index (κ3) is 5.06. The van der Waals surface area contributed by atoms with Crippen LogP contribution in [0, 0.1) is 0 Å². The monoisotopic (exact) mass is 494 g/mol. The van der Waals surface area contributed by atoms with Gasteiger partial charge in [-0.2, -0.15) is 0 Å². The van der Waals surface area contributed by atoms with E-state index in [4.69, 9.17) is 21.6 Å². The molecule has 2 nitrogen and oxygen atoms in total. The molecule has 0 atom stereocenters. The maximum Gasteiger partial charge on any atom is 0.160 e. The zero-order chi connectivity index (χ0) is 25.0. The van der Waals surface area contributed by atoms with Gasteiger partial charge in [0.1, 0.15) is 0 Å². The maximum absolute atomic E-state index is 6.24. The number of rotatable bonds is 5. The lowest BCUT2D eigenvalue weighted by Gasteiger charge is -2.11. The molecule has 5 aromatic carbocycles. The Bertz CT molecular complexity index is 1620. The van der Waals surface area contributed by atoms with Crippen LogP contribution in [0.25, 0.3) is 56.2 Å². The van der Waals surface area contributed by atoms with Crippen molar-refractivity contribution in [3.63, 3.8) is 0 Å². The van der Waals surface area contributed by atoms with E-state index in [-0.39, 0.29) is 0 Å². The second-order valence-electron chi connectivity index (χ2n) is 8.87. The van der Waals surface area contributed by atoms with Crippen molar-refractivity contribution < 1.29 is 0 Å². The van der Waals surface area contributed by atoms with Crippen LogP contribution in [0.1, 0.15) is 0 Å². The molecule has 0 radical (unpaired) electrons. The van der Waals surface area contributed by atoms with Gasteiger partial charge >= 0.3 is 0 Å². The van der Waals surface area contributed by atoms with E-state index >= 15 is 0 Å². The molecule has 0 amide bonds. The Morgan fingerprint density at radius 2 is 0.757 bits per heavy atom. The van der Waals surface area contributed by atoms with Crippen molar-refractivity contribution in [2.24, 2.45) is 0 Å². The van der Waals surface area contributed by atoms with Crippen LogP contribution in [0.3, 0.4) is 0 Å². The first-order chi connectivity index (χ1) is 18.2. The lowest BCUT2D eigenvalue weighted by molar-refractivity contribution is 1.18. The molecule has 176 valence electrons. The molecule has 37 heavy (non-hydrogen) atoms. The minimum Gasteiger partial charge on any atom is -0.228 e. The number of hydrogen-bond donors (Lipinski definition) is 0. The number of benzene rings is 5. The molecule has 0 fully saturated rings. The van der Waals surface area contributed by atoms with E-state index in [1.165, 1.54) is 0 Å². The molecule has 6 aromatic rings. The van der Waals surface area contributed by atoms with Gasteiger partial charge in [0.25, 0.3) is 0 Å². The molecule has 0 unspecified atom stereocenters. The van der Waals surface area contributed by atoms with Crippen LogP contribution in [-0.2, 0) is 0 Å². The highest BCUT2D eigenvalue weighted by Crippen LogP contribution is 2.32. The van der Waals surface area contributed by atoms with Gasteiger partial charge in [-0.05, 0) is 52.6 Å². The predicted molar refractivity (Wildman–Crippen MR) is 154 cm³/mol. The lowest BCUT2D eigenvalue weighted by atomic mass is 9.98. The van der Waals surface area contributed by atoms with Gasteiger partial charge in [0.2, 0.25) is 0 Å². The van der Waals surface area contributed by atoms with E-state index in [0.717, 1.165) is 55.4 Å². The molecule has 6 rings (SSSR count). The van der Waals surface area contributed by atoms with Crippen molar-refractivity contribution in [2.75, 3.05) is 0 Å². The van der Waals surface area contributed by atoms with Crippen molar-refractivity contribution in [1.82, 2.24) is 9.97 Å². The topological polar surface area (TPSA) is 25.8 Å². The van der Waals surface area contributed by atoms with E-state index in [2.05, 4.69) is 84.9 Å². The summed E-state index contributed by atoms with van der Waals surface area (Å²) in [4.78, 5) is 9.97. The van der Waals surface area contributed by atoms with Crippen LogP contribution >= 0.6 is 11.6 Å². The summed E-state index contributed by atoms with van der Waals surface area (Å²) in [5.74, 6) is 0.702. The highest BCUT2D eigenvalue weighted by Gasteiger charge is 2.12. The number of nitrogens with zero attached hydrogens (tertiary/aromatic N) is 2. The summed E-state index contributed by atoms with van der Waals surface area (Å²) < 4.78 is 0. The number of halogens is 1. The summed E-state index contributed by atoms with van der Waals surface area (Å²) in [6.45, 7) is 0. The first-order valence-electron chi connectivity index (χ1n) is 12.2. The number of aromatic nitrogens is 2. The molecule has 1 aromatic heterocycles. The third-order valence-electron chi connectivity index (χ3n) is 6.34. The lowest BCUT2D eigenvalue weighted by Crippen LogP contribution is -1.96. The Morgan fingerprint density at radius 3 is 1.27 bits per heavy atom. The van der Waals surface area contributed by atoms with Gasteiger partial charge in [-0.1, -0.05) is 121 Å². The molecule has 0 aliphatic heterocycles. The Balaban J connectivity index is 1.44. The van der Waals surface area contributed by atoms with Gasteiger partial charge in [0, 0.05) is 21.7 Å². The van der Waals surface area contributed by atoms with Crippen molar-refractivity contribution in [2.45, 2.75) is 0 Å². The van der Waals surface area contributed by atoms with Gasteiger partial charge in [-0.3, -0.25) is 0 Å². The molecule has 0 bridgehead atoms. The van der Waals surface area contributed by atoms with Crippen LogP contribution in [-0.4, -0.2) is 9.97 Å². The average Bonchev–Trinajstić information content (AvgIpc) is 2.98. The fourth-order valence-electron chi connectivity index (χ4n) is 4.47. The van der Waals surface area contributed by atoms with Gasteiger partial charge in [-0.15, -0.1) is 0 Å². The predicted octanol–water partition coefficient (Wildman–Crippen LogP) is 9.46. The first-order valence-corrected chi connectivity index (χ1v) is 12.6. The average molecular weight is 495 g/mol. The Labute approximate surface area is 221 Å². The smallest absolute Gasteiger partial charge is 0.160 e. The first kappa shape index (κ1) is 22.9. The van der Waals surface area contributed by atoms with E-state index < -0.39 is 0 Å². The Kier molecular flexibility index (Phi) is 6.33. The van der Waals surface area contributed by atoms with Crippen molar-refractivity contribution in [3.05, 3.63) is 145 Å². The van der Waals surface area contributed by atoms with Crippen LogP contribution < -0.4 is 0 Å². The summed E-state index contributed by atoms with van der Waals surface area (Å²) in [6.07, 6.45) is 0. The van der Waals surface area contributed by atoms with Crippen LogP contribution in [0.2, 0.25) is 5.02 Å². The second-order valence-corrected chi connectivity index (χ2v) is 9.30. The molecule has 0 aliphatic carbocycles. The highest BCUT2D eigenvalue weighted by atomic mass is 35.5. The Morgan fingerprint density at radius 1 is 0.351 bits per heavy atom. The maximum atomic E-state index is 6.24. The summed E-state index contributed by atoms with van der Waals surface area (Å²) >= 11 is 6.24. The fraction of sp³-hybridized carbons (Fsp3) is 0. The summed E-state index contributed by atoms with van der Waals surface area (Å²) in [6, 6.07) is 47.5. The van der Waals surface area contributed by atoms with Crippen molar-refractivity contribution in [3.8, 4) is 56.2 Å². The van der Waals surface area contributed by atoms with Crippen LogP contribution in [0.15, 0.2) is 140 Å². The minimum atomic E-state index is 0.702. The molecule has 0 saturated carbocycles. The molecule has 0 aliphatic rings. The SMILES string of the molecule is Clc1cccc(-c2cccc(-c3cccc(-c4nc(-c5ccccc5)cc(-c5ccccc5)n4)c3)c2)c1. The van der Waals surface area contributed by atoms with Gasteiger partial charge in [0.05, 0.1) is 11.4 Å². The zero-order valence-electron chi connectivity index (χ0n) is 20.1. The third-order valence-corrected chi connectivity index (χ3v) is 6.57. The van der Waals surface area contributed by atoms with Gasteiger partial charge < -0.3 is 0 Å². The van der Waals surface area contributed by atoms with Crippen LogP contribution in [0.5, 0.6) is 0 Å². The fourth-order valence-corrected chi connectivity index (χ4v) is 4.66. The van der Waals surface area contributed by atoms with Gasteiger partial charge in [-0.25, -0.2) is 9.97 Å². The largest absolute Gasteiger partial charge is 0.228 e. The molecule has 0 saturated heterocycles. The second kappa shape index (κ2) is 10.2. The van der Waals surface area contributed by atoms with E-state index in [0.29, 0.717) is 5.82 Å². The number of hydrogen-bond acceptors (Lipinski definition) is 2. The summed E-state index contributed by atoms with van der Waals surface area (Å²) in [5.41, 5.74) is 9.35. The Hall–Kier alpha value is -4.53. The molecular formula is C34H23ClN2. The summed E-state index contributed by atoms with van der Waals surface area (Å²) in [7, 11) is 0. The van der Waals surface area contributed by atoms with E-state index in [9.17, 15) is 0 Å². The van der Waals surface area contributed by atoms with E-state index in [1.54, 1.807) is 0 Å². The minimum absolute atomic E-state index is 0.702. The summed E-state index contributed by atoms with van der Waals surface area (Å²) in [5, 5.41) is 0.731. The quantitative estimate of drug-likeness (QED) is 0.238. The molecule has 3 heteroatoms. The van der Waals surface area contributed by atoms with Crippen molar-refractivity contribution in [1.29, 1.82) is 0 Å². The van der Waals surface area contributed by atoms with Crippen molar-refractivity contribution >= 4 is 11.6 Å². The van der Waals surface area contributed by atoms with E-state index in [1.807, 2.05) is 54.6 Å². The molecular weight excluding hydrogens is 472 g/mol. The van der Waals surface area contributed by atoms with Gasteiger partial charge in [0.15, 0.2) is 5.82 Å². The highest BCUT2D eigenvalue weighted by molar-refractivity contribution is 6.30. The molecule has 0 spiro atoms. The standard InChI is InChI=1S/C34H23ClN2/c35-31-19-9-17-29(22-31)27-15-7-14-26(20-27)28-16-8-18-30(21-28)34-36-32(24-10-3-1-4-11-24)23-33(37-34)25-12-5-2-6-13-25/h1-23H. The van der Waals surface area contributed by atoms with Crippen LogP contribution in [0.4, 0.5) is 0 Å². The zero-order valence-corrected chi connectivity index (χ0v) is 20.8. The molecule has 0 N–H and O–H groups in total.